The average Bonchev–Trinajstić information content (AvgIpc) is 2.47. The number of nitrogens with one attached hydrogen (secondary N) is 1. The highest BCUT2D eigenvalue weighted by Crippen LogP contribution is 2.14. The van der Waals surface area contributed by atoms with Crippen LogP contribution in [0.1, 0.15) is 9.75 Å². The van der Waals surface area contributed by atoms with Crippen molar-refractivity contribution < 1.29 is 4.79 Å². The molecule has 0 aromatic carbocycles. The zero-order chi connectivity index (χ0) is 8.97. The van der Waals surface area contributed by atoms with Gasteiger partial charge >= 0.3 is 0 Å². The van der Waals surface area contributed by atoms with Crippen molar-refractivity contribution in [3.63, 3.8) is 0 Å². The molecular weight excluding hydrogens is 170 g/mol. The number of hydrogen-bond donors (Lipinski definition) is 1. The summed E-state index contributed by atoms with van der Waals surface area (Å²) in [5, 5.41) is 2.60. The van der Waals surface area contributed by atoms with Crippen LogP contribution in [0.3, 0.4) is 0 Å². The number of carbonyl (C=O) groups excluding carboxylic acids is 1. The van der Waals surface area contributed by atoms with Crippen molar-refractivity contribution in [2.24, 2.45) is 0 Å². The Morgan fingerprint density at radius 2 is 2.50 bits per heavy atom. The highest BCUT2D eigenvalue weighted by Gasteiger charge is 1.97. The topological polar surface area (TPSA) is 29.1 Å². The summed E-state index contributed by atoms with van der Waals surface area (Å²) in [5.74, 6) is 1.64. The molecule has 12 heavy (non-hydrogen) atoms. The van der Waals surface area contributed by atoms with E-state index in [2.05, 4.69) is 5.32 Å². The van der Waals surface area contributed by atoms with Crippen LogP contribution in [-0.2, 0) is 11.3 Å². The van der Waals surface area contributed by atoms with Crippen molar-refractivity contribution >= 4 is 17.2 Å². The summed E-state index contributed by atoms with van der Waals surface area (Å²) in [4.78, 5) is 13.0. The van der Waals surface area contributed by atoms with Crippen LogP contribution in [0.15, 0.2) is 12.1 Å². The monoisotopic (exact) mass is 179 g/mol. The van der Waals surface area contributed by atoms with Crippen LogP contribution in [0.25, 0.3) is 0 Å². The molecule has 2 nitrogen and oxygen atoms in total. The molecule has 62 valence electrons. The van der Waals surface area contributed by atoms with Crippen molar-refractivity contribution in [3.05, 3.63) is 21.9 Å². The first-order chi connectivity index (χ1) is 5.72. The summed E-state index contributed by atoms with van der Waals surface area (Å²) in [6.45, 7) is 2.55. The van der Waals surface area contributed by atoms with Crippen LogP contribution in [0, 0.1) is 19.3 Å². The number of amides is 1. The lowest BCUT2D eigenvalue weighted by molar-refractivity contribution is -0.115. The number of carbonyl (C=O) groups is 1. The minimum atomic E-state index is -0.360. The quantitative estimate of drug-likeness (QED) is 0.681. The normalized spacial score (nSPS) is 9.00. The molecule has 0 radical (unpaired) electrons. The number of aryl methyl sites for hydroxylation is 1. The molecule has 0 spiro atoms. The molecule has 1 N–H and O–H groups in total. The molecule has 0 bridgehead atoms. The Morgan fingerprint density at radius 1 is 1.75 bits per heavy atom. The van der Waals surface area contributed by atoms with Crippen molar-refractivity contribution in [2.75, 3.05) is 0 Å². The van der Waals surface area contributed by atoms with E-state index < -0.39 is 0 Å². The van der Waals surface area contributed by atoms with Gasteiger partial charge in [0.15, 0.2) is 0 Å². The molecule has 0 atom stereocenters. The van der Waals surface area contributed by atoms with Crippen LogP contribution in [-0.4, -0.2) is 5.91 Å². The highest BCUT2D eigenvalue weighted by atomic mass is 32.1. The maximum atomic E-state index is 10.6. The van der Waals surface area contributed by atoms with Gasteiger partial charge in [0.1, 0.15) is 0 Å². The second kappa shape index (κ2) is 3.93. The first kappa shape index (κ1) is 8.82. The van der Waals surface area contributed by atoms with E-state index in [1.54, 1.807) is 11.3 Å². The van der Waals surface area contributed by atoms with E-state index in [9.17, 15) is 4.79 Å². The Labute approximate surface area is 75.6 Å². The molecule has 0 saturated heterocycles. The lowest BCUT2D eigenvalue weighted by Gasteiger charge is -1.95. The second-order valence-corrected chi connectivity index (χ2v) is 3.71. The summed E-state index contributed by atoms with van der Waals surface area (Å²) in [7, 11) is 0. The van der Waals surface area contributed by atoms with Crippen molar-refractivity contribution in [1.82, 2.24) is 5.32 Å². The van der Waals surface area contributed by atoms with Crippen molar-refractivity contribution in [1.29, 1.82) is 0 Å². The molecule has 1 aromatic heterocycles. The van der Waals surface area contributed by atoms with Gasteiger partial charge in [-0.1, -0.05) is 0 Å². The molecule has 0 aliphatic heterocycles. The smallest absolute Gasteiger partial charge is 0.295 e. The Kier molecular flexibility index (Phi) is 2.89. The van der Waals surface area contributed by atoms with Gasteiger partial charge < -0.3 is 5.32 Å². The fourth-order valence-electron chi connectivity index (χ4n) is 0.799. The lowest BCUT2D eigenvalue weighted by Crippen LogP contribution is -2.19. The molecule has 1 heterocycles. The Balaban J connectivity index is 2.44. The molecule has 0 aliphatic rings. The maximum Gasteiger partial charge on any atom is 0.295 e. The standard InChI is InChI=1S/C9H9NOS/c1-3-9(11)10-6-8-5-4-7(2)12-8/h1,4-5H,6H2,2H3,(H,10,11). The van der Waals surface area contributed by atoms with Crippen LogP contribution in [0.5, 0.6) is 0 Å². The SMILES string of the molecule is C#CC(=O)NCc1ccc(C)s1. The third-order valence-corrected chi connectivity index (χ3v) is 2.35. The van der Waals surface area contributed by atoms with Gasteiger partial charge in [-0.15, -0.1) is 17.8 Å². The number of terminal acetylenes is 1. The van der Waals surface area contributed by atoms with Gasteiger partial charge in [0.05, 0.1) is 6.54 Å². The molecule has 0 saturated carbocycles. The summed E-state index contributed by atoms with van der Waals surface area (Å²) >= 11 is 1.66. The Hall–Kier alpha value is -1.27. The van der Waals surface area contributed by atoms with E-state index >= 15 is 0 Å². The molecule has 0 aliphatic carbocycles. The van der Waals surface area contributed by atoms with Crippen molar-refractivity contribution in [3.8, 4) is 12.3 Å². The fourth-order valence-corrected chi connectivity index (χ4v) is 1.63. The van der Waals surface area contributed by atoms with Gasteiger partial charge in [-0.05, 0) is 25.0 Å². The highest BCUT2D eigenvalue weighted by molar-refractivity contribution is 7.11. The van der Waals surface area contributed by atoms with Gasteiger partial charge in [0.2, 0.25) is 0 Å². The summed E-state index contributed by atoms with van der Waals surface area (Å²) < 4.78 is 0. The van der Waals surface area contributed by atoms with Crippen molar-refractivity contribution in [2.45, 2.75) is 13.5 Å². The zero-order valence-corrected chi connectivity index (χ0v) is 7.57. The van der Waals surface area contributed by atoms with Gasteiger partial charge in [0.25, 0.3) is 5.91 Å². The first-order valence-corrected chi connectivity index (χ1v) is 4.34. The predicted octanol–water partition coefficient (Wildman–Crippen LogP) is 1.31. The largest absolute Gasteiger partial charge is 0.340 e. The minimum Gasteiger partial charge on any atom is -0.340 e. The zero-order valence-electron chi connectivity index (χ0n) is 6.76. The Bertz CT molecular complexity index is 322. The summed E-state index contributed by atoms with van der Waals surface area (Å²) in [6, 6.07) is 4.00. The predicted molar refractivity (Wildman–Crippen MR) is 49.7 cm³/mol. The van der Waals surface area contributed by atoms with Gasteiger partial charge in [-0.2, -0.15) is 0 Å². The molecule has 0 fully saturated rings. The third kappa shape index (κ3) is 2.40. The van der Waals surface area contributed by atoms with E-state index in [0.717, 1.165) is 4.88 Å². The average molecular weight is 179 g/mol. The van der Waals surface area contributed by atoms with Gasteiger partial charge in [-0.25, -0.2) is 0 Å². The fraction of sp³-hybridized carbons (Fsp3) is 0.222. The molecular formula is C9H9NOS. The summed E-state index contributed by atoms with van der Waals surface area (Å²) in [6.07, 6.45) is 4.88. The summed E-state index contributed by atoms with van der Waals surface area (Å²) in [5.41, 5.74) is 0. The molecule has 1 aromatic rings. The first-order valence-electron chi connectivity index (χ1n) is 3.52. The van der Waals surface area contributed by atoms with Gasteiger partial charge in [0, 0.05) is 9.75 Å². The van der Waals surface area contributed by atoms with E-state index in [-0.39, 0.29) is 5.91 Å². The minimum absolute atomic E-state index is 0.360. The lowest BCUT2D eigenvalue weighted by atomic mass is 10.4. The molecule has 1 amide bonds. The van der Waals surface area contributed by atoms with E-state index in [0.29, 0.717) is 6.54 Å². The van der Waals surface area contributed by atoms with Gasteiger partial charge in [-0.3, -0.25) is 4.79 Å². The maximum absolute atomic E-state index is 10.6. The van der Waals surface area contributed by atoms with Crippen LogP contribution in [0.2, 0.25) is 0 Å². The number of hydrogen-bond acceptors (Lipinski definition) is 2. The second-order valence-electron chi connectivity index (χ2n) is 2.34. The number of thiophene rings is 1. The number of rotatable bonds is 2. The van der Waals surface area contributed by atoms with Crippen LogP contribution < -0.4 is 5.32 Å². The molecule has 0 unspecified atom stereocenters. The van der Waals surface area contributed by atoms with Crippen LogP contribution in [0.4, 0.5) is 0 Å². The van der Waals surface area contributed by atoms with E-state index in [1.165, 1.54) is 4.88 Å². The molecule has 1 rings (SSSR count). The third-order valence-electron chi connectivity index (χ3n) is 1.35. The Morgan fingerprint density at radius 3 is 3.00 bits per heavy atom. The van der Waals surface area contributed by atoms with Crippen LogP contribution >= 0.6 is 11.3 Å². The van der Waals surface area contributed by atoms with E-state index in [4.69, 9.17) is 6.42 Å². The molecule has 3 heteroatoms. The van der Waals surface area contributed by atoms with E-state index in [1.807, 2.05) is 25.0 Å².